The van der Waals surface area contributed by atoms with Crippen molar-refractivity contribution in [2.75, 3.05) is 27.9 Å². The smallest absolute Gasteiger partial charge is 0.303 e. The minimum absolute atomic E-state index is 0.0483. The second-order valence-electron chi connectivity index (χ2n) is 5.01. The van der Waals surface area contributed by atoms with Gasteiger partial charge < -0.3 is 18.9 Å². The molecule has 0 aliphatic carbocycles. The third-order valence-corrected chi connectivity index (χ3v) is 3.49. The molecular weight excluding hydrogens is 320 g/mol. The zero-order valence-corrected chi connectivity index (χ0v) is 14.7. The molecule has 25 heavy (non-hydrogen) atoms. The molecule has 0 aliphatic rings. The van der Waals surface area contributed by atoms with Gasteiger partial charge in [0.15, 0.2) is 18.1 Å². The Labute approximate surface area is 147 Å². The van der Waals surface area contributed by atoms with E-state index in [9.17, 15) is 4.79 Å². The Kier molecular flexibility index (Phi) is 6.30. The minimum atomic E-state index is -0.357. The molecule has 0 atom stereocenters. The van der Waals surface area contributed by atoms with Crippen molar-refractivity contribution in [3.05, 3.63) is 42.0 Å². The van der Waals surface area contributed by atoms with Crippen LogP contribution in [-0.4, -0.2) is 33.9 Å². The number of ether oxygens (including phenoxy) is 4. The second-order valence-corrected chi connectivity index (χ2v) is 5.01. The van der Waals surface area contributed by atoms with Crippen LogP contribution >= 0.6 is 0 Å². The van der Waals surface area contributed by atoms with Gasteiger partial charge in [0.05, 0.1) is 21.3 Å². The van der Waals surface area contributed by atoms with Gasteiger partial charge in [0.25, 0.3) is 0 Å². The van der Waals surface area contributed by atoms with E-state index >= 15 is 0 Å². The summed E-state index contributed by atoms with van der Waals surface area (Å²) in [7, 11) is 4.72. The van der Waals surface area contributed by atoms with Gasteiger partial charge in [0.1, 0.15) is 0 Å². The number of carbonyl (C=O) groups excluding carboxylic acids is 1. The van der Waals surface area contributed by atoms with Crippen LogP contribution in [0, 0.1) is 11.8 Å². The topological polar surface area (TPSA) is 54.0 Å². The monoisotopic (exact) mass is 340 g/mol. The number of hydrogen-bond donors (Lipinski definition) is 0. The summed E-state index contributed by atoms with van der Waals surface area (Å²) in [6.45, 7) is 1.40. The Balaban J connectivity index is 2.51. The molecule has 0 radical (unpaired) electrons. The highest BCUT2D eigenvalue weighted by Crippen LogP contribution is 2.44. The summed E-state index contributed by atoms with van der Waals surface area (Å²) in [5.41, 5.74) is 2.51. The highest BCUT2D eigenvalue weighted by molar-refractivity contribution is 5.80. The lowest BCUT2D eigenvalue weighted by molar-refractivity contribution is -0.139. The number of methoxy groups -OCH3 is 3. The first-order chi connectivity index (χ1) is 12.1. The molecule has 0 saturated heterocycles. The van der Waals surface area contributed by atoms with Crippen LogP contribution in [0.2, 0.25) is 0 Å². The SMILES string of the molecule is COc1ccc(-c2ccccc2C#CCOC(C)=O)c(OC)c1OC. The Morgan fingerprint density at radius 3 is 2.28 bits per heavy atom. The normalized spacial score (nSPS) is 9.60. The van der Waals surface area contributed by atoms with Crippen molar-refractivity contribution in [3.8, 4) is 40.2 Å². The third kappa shape index (κ3) is 4.24. The molecule has 0 aliphatic heterocycles. The van der Waals surface area contributed by atoms with Crippen molar-refractivity contribution >= 4 is 5.97 Å². The fourth-order valence-electron chi connectivity index (χ4n) is 2.41. The van der Waals surface area contributed by atoms with E-state index < -0.39 is 0 Å². The summed E-state index contributed by atoms with van der Waals surface area (Å²) in [6, 6.07) is 11.4. The standard InChI is InChI=1S/C20H20O5/c1-14(21)25-13-7-9-15-8-5-6-10-16(15)17-11-12-18(22-2)20(24-4)19(17)23-3/h5-6,8,10-12H,13H2,1-4H3. The maximum atomic E-state index is 10.8. The lowest BCUT2D eigenvalue weighted by atomic mass is 9.98. The van der Waals surface area contributed by atoms with Crippen LogP contribution in [0.5, 0.6) is 17.2 Å². The average Bonchev–Trinajstić information content (AvgIpc) is 2.64. The van der Waals surface area contributed by atoms with Gasteiger partial charge in [-0.1, -0.05) is 30.0 Å². The zero-order valence-electron chi connectivity index (χ0n) is 14.7. The van der Waals surface area contributed by atoms with E-state index in [1.54, 1.807) is 21.3 Å². The average molecular weight is 340 g/mol. The van der Waals surface area contributed by atoms with Crippen LogP contribution in [0.3, 0.4) is 0 Å². The van der Waals surface area contributed by atoms with Crippen molar-refractivity contribution in [2.24, 2.45) is 0 Å². The van der Waals surface area contributed by atoms with Crippen LogP contribution in [0.1, 0.15) is 12.5 Å². The van der Waals surface area contributed by atoms with Crippen LogP contribution < -0.4 is 14.2 Å². The van der Waals surface area contributed by atoms with Crippen LogP contribution in [0.4, 0.5) is 0 Å². The van der Waals surface area contributed by atoms with E-state index in [0.717, 1.165) is 16.7 Å². The summed E-state index contributed by atoms with van der Waals surface area (Å²) in [6.07, 6.45) is 0. The Bertz CT molecular complexity index is 815. The molecule has 0 saturated carbocycles. The van der Waals surface area contributed by atoms with Gasteiger partial charge in [0, 0.05) is 23.6 Å². The Morgan fingerprint density at radius 1 is 0.920 bits per heavy atom. The summed E-state index contributed by atoms with van der Waals surface area (Å²) in [5, 5.41) is 0. The number of rotatable bonds is 5. The molecule has 5 nitrogen and oxygen atoms in total. The van der Waals surface area contributed by atoms with Crippen molar-refractivity contribution in [1.82, 2.24) is 0 Å². The molecule has 2 aromatic carbocycles. The molecule has 0 heterocycles. The van der Waals surface area contributed by atoms with Crippen LogP contribution in [-0.2, 0) is 9.53 Å². The van der Waals surface area contributed by atoms with Gasteiger partial charge in [-0.3, -0.25) is 4.79 Å². The quantitative estimate of drug-likeness (QED) is 0.617. The van der Waals surface area contributed by atoms with Gasteiger partial charge >= 0.3 is 5.97 Å². The van der Waals surface area contributed by atoms with E-state index in [-0.39, 0.29) is 12.6 Å². The maximum Gasteiger partial charge on any atom is 0.303 e. The number of carbonyl (C=O) groups is 1. The molecule has 2 rings (SSSR count). The molecule has 2 aromatic rings. The summed E-state index contributed by atoms with van der Waals surface area (Å²) in [5.74, 6) is 7.18. The predicted molar refractivity (Wildman–Crippen MR) is 95.0 cm³/mol. The molecular formula is C20H20O5. The molecule has 0 fully saturated rings. The number of benzene rings is 2. The van der Waals surface area contributed by atoms with E-state index in [1.807, 2.05) is 36.4 Å². The van der Waals surface area contributed by atoms with Gasteiger partial charge in [-0.25, -0.2) is 0 Å². The number of esters is 1. The van der Waals surface area contributed by atoms with Crippen molar-refractivity contribution in [2.45, 2.75) is 6.92 Å². The first-order valence-corrected chi connectivity index (χ1v) is 7.63. The van der Waals surface area contributed by atoms with Crippen LogP contribution in [0.25, 0.3) is 11.1 Å². The molecule has 130 valence electrons. The third-order valence-electron chi connectivity index (χ3n) is 3.49. The Hall–Kier alpha value is -3.13. The first kappa shape index (κ1) is 18.2. The lowest BCUT2D eigenvalue weighted by Gasteiger charge is -2.16. The van der Waals surface area contributed by atoms with Gasteiger partial charge in [0.2, 0.25) is 5.75 Å². The summed E-state index contributed by atoms with van der Waals surface area (Å²) < 4.78 is 21.2. The number of hydrogen-bond acceptors (Lipinski definition) is 5. The Morgan fingerprint density at radius 2 is 1.64 bits per heavy atom. The molecule has 0 N–H and O–H groups in total. The summed E-state index contributed by atoms with van der Waals surface area (Å²) >= 11 is 0. The fourth-order valence-corrected chi connectivity index (χ4v) is 2.41. The summed E-state index contributed by atoms with van der Waals surface area (Å²) in [4.78, 5) is 10.8. The predicted octanol–water partition coefficient (Wildman–Crippen LogP) is 3.29. The van der Waals surface area contributed by atoms with E-state index in [1.165, 1.54) is 6.92 Å². The molecule has 0 spiro atoms. The van der Waals surface area contributed by atoms with Crippen molar-refractivity contribution in [1.29, 1.82) is 0 Å². The second kappa shape index (κ2) is 8.65. The van der Waals surface area contributed by atoms with Crippen LogP contribution in [0.15, 0.2) is 36.4 Å². The van der Waals surface area contributed by atoms with Crippen molar-refractivity contribution < 1.29 is 23.7 Å². The largest absolute Gasteiger partial charge is 0.493 e. The van der Waals surface area contributed by atoms with E-state index in [0.29, 0.717) is 17.2 Å². The zero-order chi connectivity index (χ0) is 18.2. The molecule has 0 aromatic heterocycles. The molecule has 0 unspecified atom stereocenters. The molecule has 0 bridgehead atoms. The maximum absolute atomic E-state index is 10.8. The molecule has 5 heteroatoms. The highest BCUT2D eigenvalue weighted by Gasteiger charge is 2.18. The van der Waals surface area contributed by atoms with E-state index in [2.05, 4.69) is 11.8 Å². The molecule has 0 amide bonds. The van der Waals surface area contributed by atoms with Gasteiger partial charge in [-0.05, 0) is 18.2 Å². The van der Waals surface area contributed by atoms with Crippen molar-refractivity contribution in [3.63, 3.8) is 0 Å². The lowest BCUT2D eigenvalue weighted by Crippen LogP contribution is -1.98. The highest BCUT2D eigenvalue weighted by atomic mass is 16.5. The fraction of sp³-hybridized carbons (Fsp3) is 0.250. The van der Waals surface area contributed by atoms with Gasteiger partial charge in [-0.15, -0.1) is 0 Å². The minimum Gasteiger partial charge on any atom is -0.493 e. The first-order valence-electron chi connectivity index (χ1n) is 7.63. The van der Waals surface area contributed by atoms with Gasteiger partial charge in [-0.2, -0.15) is 0 Å². The van der Waals surface area contributed by atoms with E-state index in [4.69, 9.17) is 18.9 Å².